The maximum atomic E-state index is 13.3. The van der Waals surface area contributed by atoms with E-state index in [0.29, 0.717) is 22.4 Å². The molecule has 0 saturated carbocycles. The van der Waals surface area contributed by atoms with Gasteiger partial charge in [-0.1, -0.05) is 18.2 Å². The second-order valence-electron chi connectivity index (χ2n) is 9.69. The van der Waals surface area contributed by atoms with Crippen LogP contribution >= 0.6 is 0 Å². The van der Waals surface area contributed by atoms with E-state index < -0.39 is 42.4 Å². The van der Waals surface area contributed by atoms with Crippen LogP contribution in [0.1, 0.15) is 43.1 Å². The normalized spacial score (nSPS) is 19.9. The van der Waals surface area contributed by atoms with Gasteiger partial charge >= 0.3 is 17.9 Å². The molecule has 1 fully saturated rings. The van der Waals surface area contributed by atoms with Crippen LogP contribution in [0.25, 0.3) is 21.9 Å². The molecule has 13 nitrogen and oxygen atoms in total. The largest absolute Gasteiger partial charge is 0.497 e. The van der Waals surface area contributed by atoms with Crippen molar-refractivity contribution >= 4 is 45.6 Å². The molecule has 1 aliphatic heterocycles. The lowest BCUT2D eigenvalue weighted by atomic mass is 10.0. The fourth-order valence-corrected chi connectivity index (χ4v) is 4.91. The Balaban J connectivity index is 1.45. The van der Waals surface area contributed by atoms with Crippen LogP contribution in [0.3, 0.4) is 0 Å². The summed E-state index contributed by atoms with van der Waals surface area (Å²) in [7, 11) is 1.60. The Kier molecular flexibility index (Phi) is 8.11. The molecule has 42 heavy (non-hydrogen) atoms. The van der Waals surface area contributed by atoms with Crippen molar-refractivity contribution in [2.45, 2.75) is 51.7 Å². The van der Waals surface area contributed by atoms with Crippen molar-refractivity contribution in [1.29, 1.82) is 0 Å². The molecule has 2 aromatic carbocycles. The summed E-state index contributed by atoms with van der Waals surface area (Å²) in [6.07, 6.45) is -1.52. The van der Waals surface area contributed by atoms with Crippen LogP contribution in [-0.2, 0) is 39.8 Å². The van der Waals surface area contributed by atoms with E-state index in [1.165, 1.54) is 38.0 Å². The molecule has 3 heterocycles. The minimum Gasteiger partial charge on any atom is -0.497 e. The first-order valence-corrected chi connectivity index (χ1v) is 13.0. The van der Waals surface area contributed by atoms with E-state index in [1.807, 2.05) is 30.3 Å². The van der Waals surface area contributed by atoms with Crippen LogP contribution in [0.2, 0.25) is 0 Å². The van der Waals surface area contributed by atoms with E-state index in [9.17, 15) is 19.2 Å². The van der Waals surface area contributed by atoms with Gasteiger partial charge in [0.05, 0.1) is 25.6 Å². The van der Waals surface area contributed by atoms with Crippen LogP contribution in [0, 0.1) is 0 Å². The average molecular weight is 577 g/mol. The van der Waals surface area contributed by atoms with E-state index in [2.05, 4.69) is 15.0 Å². The lowest BCUT2D eigenvalue weighted by Crippen LogP contribution is -2.40. The summed E-state index contributed by atoms with van der Waals surface area (Å²) in [6.45, 7) is 3.40. The van der Waals surface area contributed by atoms with Crippen LogP contribution in [0.4, 0.5) is 0 Å². The molecule has 1 aliphatic rings. The van der Waals surface area contributed by atoms with Crippen molar-refractivity contribution in [2.24, 2.45) is 0 Å². The van der Waals surface area contributed by atoms with Gasteiger partial charge in [-0.15, -0.1) is 0 Å². The van der Waals surface area contributed by atoms with Crippen LogP contribution in [0.5, 0.6) is 5.75 Å². The molecular formula is C29H28N4O9. The number of aromatic nitrogens is 4. The number of benzene rings is 2. The van der Waals surface area contributed by atoms with Crippen molar-refractivity contribution in [2.75, 3.05) is 13.7 Å². The maximum absolute atomic E-state index is 13.3. The van der Waals surface area contributed by atoms with E-state index in [4.69, 9.17) is 23.7 Å². The van der Waals surface area contributed by atoms with Crippen molar-refractivity contribution in [1.82, 2.24) is 19.5 Å². The van der Waals surface area contributed by atoms with Gasteiger partial charge in [-0.25, -0.2) is 15.0 Å². The van der Waals surface area contributed by atoms with Crippen molar-refractivity contribution < 1.29 is 42.9 Å². The maximum Gasteiger partial charge on any atom is 0.303 e. The van der Waals surface area contributed by atoms with E-state index in [-0.39, 0.29) is 18.8 Å². The molecule has 218 valence electrons. The summed E-state index contributed by atoms with van der Waals surface area (Å²) in [5.74, 6) is -1.29. The van der Waals surface area contributed by atoms with Crippen molar-refractivity contribution in [3.8, 4) is 5.75 Å². The van der Waals surface area contributed by atoms with Gasteiger partial charge in [0.15, 0.2) is 29.9 Å². The molecule has 0 radical (unpaired) electrons. The standard InChI is InChI=1S/C29H28N4O9/c1-15(34)39-12-24-26(40-16(2)35)27(41-17(3)36)29(42-24)33-14-32-25-22(30-13-31-28(25)33)11-23(37)20-6-5-19-10-21(38-4)8-7-18(19)9-20/h5-10,13-14,24,26-27,29H,11-12H2,1-4H3/t24-,26-,27-,29-/m1/s1. The quantitative estimate of drug-likeness (QED) is 0.163. The first-order chi connectivity index (χ1) is 20.1. The number of carbonyl (C=O) groups is 4. The highest BCUT2D eigenvalue weighted by atomic mass is 16.7. The van der Waals surface area contributed by atoms with Gasteiger partial charge in [-0.05, 0) is 29.0 Å². The molecule has 0 aliphatic carbocycles. The van der Waals surface area contributed by atoms with Crippen molar-refractivity contribution in [3.05, 3.63) is 60.3 Å². The number of nitrogens with zero attached hydrogens (tertiary/aromatic N) is 4. The van der Waals surface area contributed by atoms with Gasteiger partial charge in [0, 0.05) is 26.3 Å². The Hall–Kier alpha value is -4.91. The average Bonchev–Trinajstić information content (AvgIpc) is 3.52. The van der Waals surface area contributed by atoms with E-state index in [0.717, 1.165) is 16.5 Å². The molecule has 0 amide bonds. The van der Waals surface area contributed by atoms with Crippen LogP contribution in [0.15, 0.2) is 49.1 Å². The second kappa shape index (κ2) is 11.9. The molecule has 0 spiro atoms. The third-order valence-electron chi connectivity index (χ3n) is 6.75. The summed E-state index contributed by atoms with van der Waals surface area (Å²) in [5, 5.41) is 1.83. The highest BCUT2D eigenvalue weighted by Crippen LogP contribution is 2.36. The Morgan fingerprint density at radius 2 is 1.60 bits per heavy atom. The zero-order valence-electron chi connectivity index (χ0n) is 23.3. The van der Waals surface area contributed by atoms with Gasteiger partial charge in [0.2, 0.25) is 0 Å². The number of hydrogen-bond donors (Lipinski definition) is 0. The predicted molar refractivity (Wildman–Crippen MR) is 146 cm³/mol. The number of ether oxygens (including phenoxy) is 5. The molecular weight excluding hydrogens is 548 g/mol. The molecule has 2 aromatic heterocycles. The number of imidazole rings is 1. The van der Waals surface area contributed by atoms with Gasteiger partial charge in [-0.3, -0.25) is 23.7 Å². The summed E-state index contributed by atoms with van der Waals surface area (Å²) in [6, 6.07) is 11.0. The van der Waals surface area contributed by atoms with Gasteiger partial charge < -0.3 is 23.7 Å². The number of methoxy groups -OCH3 is 1. The highest BCUT2D eigenvalue weighted by Gasteiger charge is 2.51. The minimum absolute atomic E-state index is 0.0538. The van der Waals surface area contributed by atoms with E-state index in [1.54, 1.807) is 13.2 Å². The number of carbonyl (C=O) groups excluding carboxylic acids is 4. The number of Topliss-reactive ketones (excluding diaryl/α,β-unsaturated/α-hetero) is 1. The Morgan fingerprint density at radius 3 is 2.31 bits per heavy atom. The van der Waals surface area contributed by atoms with Crippen molar-refractivity contribution in [3.63, 3.8) is 0 Å². The fourth-order valence-electron chi connectivity index (χ4n) is 4.91. The summed E-state index contributed by atoms with van der Waals surface area (Å²) in [4.78, 5) is 61.7. The third kappa shape index (κ3) is 5.91. The first-order valence-electron chi connectivity index (χ1n) is 13.0. The molecule has 13 heteroatoms. The molecule has 4 atom stereocenters. The molecule has 4 aromatic rings. The van der Waals surface area contributed by atoms with Crippen LogP contribution in [-0.4, -0.2) is 75.2 Å². The SMILES string of the molecule is COc1ccc2cc(C(=O)Cc3ncnc4c3ncn4[C@@H]3O[C@H](COC(C)=O)[C@@H](OC(C)=O)[C@H]3OC(C)=O)ccc2c1. The second-order valence-corrected chi connectivity index (χ2v) is 9.69. The smallest absolute Gasteiger partial charge is 0.303 e. The summed E-state index contributed by atoms with van der Waals surface area (Å²) < 4.78 is 28.9. The topological polar surface area (TPSA) is 158 Å². The van der Waals surface area contributed by atoms with Gasteiger partial charge in [0.25, 0.3) is 0 Å². The predicted octanol–water partition coefficient (Wildman–Crippen LogP) is 2.74. The number of rotatable bonds is 9. The Labute approximate surface area is 239 Å². The lowest BCUT2D eigenvalue weighted by molar-refractivity contribution is -0.166. The van der Waals surface area contributed by atoms with Gasteiger partial charge in [0.1, 0.15) is 30.3 Å². The molecule has 1 saturated heterocycles. The number of ketones is 1. The molecule has 0 N–H and O–H groups in total. The van der Waals surface area contributed by atoms with Crippen LogP contribution < -0.4 is 4.74 Å². The van der Waals surface area contributed by atoms with E-state index >= 15 is 0 Å². The minimum atomic E-state index is -1.11. The van der Waals surface area contributed by atoms with Gasteiger partial charge in [-0.2, -0.15) is 0 Å². The third-order valence-corrected chi connectivity index (χ3v) is 6.75. The molecule has 0 bridgehead atoms. The highest BCUT2D eigenvalue weighted by molar-refractivity contribution is 6.02. The summed E-state index contributed by atoms with van der Waals surface area (Å²) >= 11 is 0. The lowest BCUT2D eigenvalue weighted by Gasteiger charge is -2.23. The zero-order valence-corrected chi connectivity index (χ0v) is 23.3. The fraction of sp³-hybridized carbons (Fsp3) is 0.345. The zero-order chi connectivity index (χ0) is 30.0. The summed E-state index contributed by atoms with van der Waals surface area (Å²) in [5.41, 5.74) is 1.53. The molecule has 5 rings (SSSR count). The Bertz CT molecular complexity index is 1680. The number of esters is 3. The first kappa shape index (κ1) is 28.6. The number of fused-ring (bicyclic) bond motifs is 2. The monoisotopic (exact) mass is 576 g/mol. The number of hydrogen-bond acceptors (Lipinski definition) is 12. The Morgan fingerprint density at radius 1 is 0.881 bits per heavy atom. The molecule has 0 unspecified atom stereocenters.